The van der Waals surface area contributed by atoms with Gasteiger partial charge in [-0.05, 0) is 44.2 Å². The van der Waals surface area contributed by atoms with Crippen molar-refractivity contribution in [2.45, 2.75) is 32.6 Å². The number of nitro benzene ring substituents is 1. The quantitative estimate of drug-likeness (QED) is 0.397. The molecule has 1 aromatic heterocycles. The Kier molecular flexibility index (Phi) is 6.71. The number of carbonyl (C=O) groups is 2. The number of thiophene rings is 1. The number of fused-ring (bicyclic) bond motifs is 1. The average Bonchev–Trinajstić information content (AvgIpc) is 3.17. The second kappa shape index (κ2) is 9.66. The topological polar surface area (TPSA) is 111 Å². The fourth-order valence-corrected chi connectivity index (χ4v) is 5.42. The van der Waals surface area contributed by atoms with Gasteiger partial charge in [0.25, 0.3) is 11.6 Å². The summed E-state index contributed by atoms with van der Waals surface area (Å²) in [4.78, 5) is 40.0. The Balaban J connectivity index is 1.71. The summed E-state index contributed by atoms with van der Waals surface area (Å²) in [5.41, 5.74) is 2.00. The lowest BCUT2D eigenvalue weighted by molar-refractivity contribution is -0.384. The lowest BCUT2D eigenvalue weighted by atomic mass is 9.95. The summed E-state index contributed by atoms with van der Waals surface area (Å²) in [5, 5.41) is 14.7. The Morgan fingerprint density at radius 3 is 2.72 bits per heavy atom. The molecule has 1 saturated heterocycles. The third-order valence-corrected chi connectivity index (χ3v) is 6.87. The summed E-state index contributed by atoms with van der Waals surface area (Å²) < 4.78 is 10.6. The number of morpholine rings is 1. The second-order valence-corrected chi connectivity index (χ2v) is 8.75. The second-order valence-electron chi connectivity index (χ2n) is 7.65. The average molecular weight is 460 g/mol. The lowest BCUT2D eigenvalue weighted by Crippen LogP contribution is -2.37. The van der Waals surface area contributed by atoms with Crippen LogP contribution in [0.5, 0.6) is 0 Å². The molecule has 2 aromatic rings. The molecule has 2 heterocycles. The van der Waals surface area contributed by atoms with Gasteiger partial charge in [-0.1, -0.05) is 0 Å². The number of nitrogens with one attached hydrogen (secondary N) is 1. The van der Waals surface area contributed by atoms with E-state index in [1.807, 2.05) is 4.90 Å². The number of hydrogen-bond acceptors (Lipinski definition) is 8. The zero-order valence-corrected chi connectivity index (χ0v) is 18.7. The molecule has 10 heteroatoms. The molecule has 1 amide bonds. The Bertz CT molecular complexity index is 1040. The number of benzene rings is 1. The van der Waals surface area contributed by atoms with Crippen LogP contribution in [-0.4, -0.2) is 49.7 Å². The van der Waals surface area contributed by atoms with Gasteiger partial charge in [0.15, 0.2) is 0 Å². The van der Waals surface area contributed by atoms with Crippen molar-refractivity contribution in [2.75, 3.05) is 43.1 Å². The SMILES string of the molecule is CCOC(=O)c1c(NC(=O)c2cc([N+](=O)[O-])ccc2N2CCOCC2)sc2c1CCCC2. The van der Waals surface area contributed by atoms with Crippen molar-refractivity contribution in [2.24, 2.45) is 0 Å². The normalized spacial score (nSPS) is 15.7. The highest BCUT2D eigenvalue weighted by Gasteiger charge is 2.29. The highest BCUT2D eigenvalue weighted by atomic mass is 32.1. The van der Waals surface area contributed by atoms with Crippen LogP contribution in [0, 0.1) is 10.1 Å². The van der Waals surface area contributed by atoms with E-state index in [2.05, 4.69) is 5.32 Å². The number of non-ortho nitro benzene ring substituents is 1. The summed E-state index contributed by atoms with van der Waals surface area (Å²) in [6.45, 7) is 4.18. The van der Waals surface area contributed by atoms with Crippen LogP contribution >= 0.6 is 11.3 Å². The maximum Gasteiger partial charge on any atom is 0.341 e. The maximum absolute atomic E-state index is 13.4. The Morgan fingerprint density at radius 2 is 2.00 bits per heavy atom. The fraction of sp³-hybridized carbons (Fsp3) is 0.455. The van der Waals surface area contributed by atoms with Crippen molar-refractivity contribution < 1.29 is 24.0 Å². The van der Waals surface area contributed by atoms with Crippen molar-refractivity contribution in [3.63, 3.8) is 0 Å². The first-order valence-corrected chi connectivity index (χ1v) is 11.6. The van der Waals surface area contributed by atoms with Gasteiger partial charge >= 0.3 is 5.97 Å². The predicted octanol–water partition coefficient (Wildman–Crippen LogP) is 3.80. The molecule has 1 aliphatic carbocycles. The molecule has 1 N–H and O–H groups in total. The third kappa shape index (κ3) is 4.46. The molecule has 2 aliphatic rings. The van der Waals surface area contributed by atoms with Crippen LogP contribution in [0.3, 0.4) is 0 Å². The van der Waals surface area contributed by atoms with E-state index in [9.17, 15) is 19.7 Å². The number of hydrogen-bond donors (Lipinski definition) is 1. The number of nitrogens with zero attached hydrogens (tertiary/aromatic N) is 2. The number of esters is 1. The molecule has 0 saturated carbocycles. The number of nitro groups is 1. The Hall–Kier alpha value is -2.98. The van der Waals surface area contributed by atoms with Gasteiger partial charge in [-0.2, -0.15) is 0 Å². The van der Waals surface area contributed by atoms with Gasteiger partial charge in [0, 0.05) is 30.1 Å². The molecule has 1 aliphatic heterocycles. The van der Waals surface area contributed by atoms with Gasteiger partial charge in [-0.15, -0.1) is 11.3 Å². The van der Waals surface area contributed by atoms with Crippen LogP contribution in [-0.2, 0) is 22.3 Å². The standard InChI is InChI=1S/C22H25N3O6S/c1-2-31-22(27)19-15-5-3-4-6-18(15)32-21(19)23-20(26)16-13-14(25(28)29)7-8-17(16)24-9-11-30-12-10-24/h7-8,13H,2-6,9-12H2,1H3,(H,23,26). The number of aryl methyl sites for hydroxylation is 1. The van der Waals surface area contributed by atoms with Crippen LogP contribution in [0.4, 0.5) is 16.4 Å². The van der Waals surface area contributed by atoms with Crippen LogP contribution < -0.4 is 10.2 Å². The highest BCUT2D eigenvalue weighted by Crippen LogP contribution is 2.39. The zero-order chi connectivity index (χ0) is 22.7. The van der Waals surface area contributed by atoms with Gasteiger partial charge in [-0.3, -0.25) is 14.9 Å². The van der Waals surface area contributed by atoms with Crippen molar-refractivity contribution in [3.8, 4) is 0 Å². The van der Waals surface area contributed by atoms with Crippen molar-refractivity contribution in [1.29, 1.82) is 0 Å². The largest absolute Gasteiger partial charge is 0.462 e. The lowest BCUT2D eigenvalue weighted by Gasteiger charge is -2.30. The minimum atomic E-state index is -0.520. The van der Waals surface area contributed by atoms with E-state index in [1.165, 1.54) is 23.5 Å². The monoisotopic (exact) mass is 459 g/mol. The number of anilines is 2. The summed E-state index contributed by atoms with van der Waals surface area (Å²) in [6, 6.07) is 4.29. The Morgan fingerprint density at radius 1 is 1.25 bits per heavy atom. The molecule has 0 atom stereocenters. The van der Waals surface area contributed by atoms with E-state index < -0.39 is 16.8 Å². The predicted molar refractivity (Wildman–Crippen MR) is 121 cm³/mol. The Labute approximate surface area is 189 Å². The molecule has 0 unspecified atom stereocenters. The number of carbonyl (C=O) groups excluding carboxylic acids is 2. The molecular weight excluding hydrogens is 434 g/mol. The van der Waals surface area contributed by atoms with Gasteiger partial charge in [0.2, 0.25) is 0 Å². The van der Waals surface area contributed by atoms with Gasteiger partial charge in [0.05, 0.1) is 41.6 Å². The molecule has 32 heavy (non-hydrogen) atoms. The first-order valence-electron chi connectivity index (χ1n) is 10.7. The van der Waals surface area contributed by atoms with E-state index in [0.29, 0.717) is 42.6 Å². The van der Waals surface area contributed by atoms with Crippen LogP contribution in [0.2, 0.25) is 0 Å². The maximum atomic E-state index is 13.4. The summed E-state index contributed by atoms with van der Waals surface area (Å²) in [7, 11) is 0. The van der Waals surface area contributed by atoms with E-state index in [1.54, 1.807) is 13.0 Å². The first-order chi connectivity index (χ1) is 15.5. The van der Waals surface area contributed by atoms with E-state index in [4.69, 9.17) is 9.47 Å². The smallest absolute Gasteiger partial charge is 0.341 e. The summed E-state index contributed by atoms with van der Waals surface area (Å²) in [5.74, 6) is -0.936. The molecule has 9 nitrogen and oxygen atoms in total. The first kappa shape index (κ1) is 22.2. The summed E-state index contributed by atoms with van der Waals surface area (Å²) >= 11 is 1.39. The van der Waals surface area contributed by atoms with Gasteiger partial charge in [0.1, 0.15) is 5.00 Å². The molecular formula is C22H25N3O6S. The molecule has 0 radical (unpaired) electrons. The van der Waals surface area contributed by atoms with Gasteiger partial charge in [-0.25, -0.2) is 4.79 Å². The minimum absolute atomic E-state index is 0.164. The zero-order valence-electron chi connectivity index (χ0n) is 17.8. The third-order valence-electron chi connectivity index (χ3n) is 5.67. The number of ether oxygens (including phenoxy) is 2. The molecule has 170 valence electrons. The van der Waals surface area contributed by atoms with Crippen LogP contribution in [0.15, 0.2) is 18.2 Å². The van der Waals surface area contributed by atoms with Crippen LogP contribution in [0.25, 0.3) is 0 Å². The van der Waals surface area contributed by atoms with Gasteiger partial charge < -0.3 is 19.7 Å². The molecule has 0 spiro atoms. The fourth-order valence-electron chi connectivity index (χ4n) is 4.14. The number of amides is 1. The van der Waals surface area contributed by atoms with Crippen molar-refractivity contribution in [1.82, 2.24) is 0 Å². The van der Waals surface area contributed by atoms with Crippen molar-refractivity contribution in [3.05, 3.63) is 49.9 Å². The summed E-state index contributed by atoms with van der Waals surface area (Å²) in [6.07, 6.45) is 3.65. The van der Waals surface area contributed by atoms with Crippen molar-refractivity contribution >= 4 is 39.6 Å². The molecule has 0 bridgehead atoms. The minimum Gasteiger partial charge on any atom is -0.462 e. The van der Waals surface area contributed by atoms with Crippen LogP contribution in [0.1, 0.15) is 50.9 Å². The molecule has 4 rings (SSSR count). The van der Waals surface area contributed by atoms with E-state index in [-0.39, 0.29) is 17.9 Å². The van der Waals surface area contributed by atoms with E-state index in [0.717, 1.165) is 36.1 Å². The highest BCUT2D eigenvalue weighted by molar-refractivity contribution is 7.17. The van der Waals surface area contributed by atoms with E-state index >= 15 is 0 Å². The molecule has 1 fully saturated rings. The molecule has 1 aromatic carbocycles. The number of rotatable bonds is 6.